The molecule has 0 saturated heterocycles. The zero-order chi connectivity index (χ0) is 15.5. The van der Waals surface area contributed by atoms with E-state index in [2.05, 4.69) is 11.4 Å². The van der Waals surface area contributed by atoms with Gasteiger partial charge in [0.2, 0.25) is 0 Å². The van der Waals surface area contributed by atoms with Gasteiger partial charge in [0.05, 0.1) is 6.61 Å². The average Bonchev–Trinajstić information content (AvgIpc) is 2.96. The standard InChI is InChI=1S/C18H20N2O2/c1-20(2)15-7-5-6-13(10-15)18(21)19-11-14-12-22-17-9-4-3-8-16(14)17/h3-10,14H,11-12H2,1-2H3,(H,19,21)/t14-/m1/s1. The number of fused-ring (bicyclic) bond motifs is 1. The van der Waals surface area contributed by atoms with Gasteiger partial charge in [0, 0.05) is 43.4 Å². The SMILES string of the molecule is CN(C)c1cccc(C(=O)NC[C@@H]2COc3ccccc32)c1. The number of hydrogen-bond acceptors (Lipinski definition) is 3. The highest BCUT2D eigenvalue weighted by atomic mass is 16.5. The quantitative estimate of drug-likeness (QED) is 0.943. The molecule has 0 aliphatic carbocycles. The van der Waals surface area contributed by atoms with E-state index in [4.69, 9.17) is 4.74 Å². The Morgan fingerprint density at radius 1 is 1.23 bits per heavy atom. The van der Waals surface area contributed by atoms with Crippen LogP contribution in [0.25, 0.3) is 0 Å². The number of anilines is 1. The van der Waals surface area contributed by atoms with Crippen molar-refractivity contribution in [2.45, 2.75) is 5.92 Å². The van der Waals surface area contributed by atoms with Crippen LogP contribution in [0.3, 0.4) is 0 Å². The van der Waals surface area contributed by atoms with Crippen LogP contribution < -0.4 is 15.0 Å². The van der Waals surface area contributed by atoms with E-state index >= 15 is 0 Å². The summed E-state index contributed by atoms with van der Waals surface area (Å²) in [7, 11) is 3.92. The number of hydrogen-bond donors (Lipinski definition) is 1. The molecule has 0 bridgehead atoms. The Bertz CT molecular complexity index is 682. The molecular weight excluding hydrogens is 276 g/mol. The fraction of sp³-hybridized carbons (Fsp3) is 0.278. The van der Waals surface area contributed by atoms with Crippen molar-refractivity contribution in [3.63, 3.8) is 0 Å². The number of amides is 1. The van der Waals surface area contributed by atoms with Crippen LogP contribution in [0, 0.1) is 0 Å². The highest BCUT2D eigenvalue weighted by Crippen LogP contribution is 2.32. The smallest absolute Gasteiger partial charge is 0.251 e. The third-order valence-corrected chi connectivity index (χ3v) is 3.93. The Morgan fingerprint density at radius 3 is 2.86 bits per heavy atom. The molecule has 0 aromatic heterocycles. The first kappa shape index (κ1) is 14.4. The fourth-order valence-electron chi connectivity index (χ4n) is 2.64. The van der Waals surface area contributed by atoms with Crippen molar-refractivity contribution in [3.05, 3.63) is 59.7 Å². The molecule has 0 fully saturated rings. The molecule has 1 amide bonds. The van der Waals surface area contributed by atoms with Crippen LogP contribution in [-0.2, 0) is 0 Å². The van der Waals surface area contributed by atoms with E-state index in [0.29, 0.717) is 18.7 Å². The third-order valence-electron chi connectivity index (χ3n) is 3.93. The number of carbonyl (C=O) groups excluding carboxylic acids is 1. The van der Waals surface area contributed by atoms with E-state index in [1.165, 1.54) is 5.56 Å². The predicted octanol–water partition coefficient (Wildman–Crippen LogP) is 2.66. The zero-order valence-corrected chi connectivity index (χ0v) is 12.9. The van der Waals surface area contributed by atoms with Gasteiger partial charge in [-0.2, -0.15) is 0 Å². The normalized spacial score (nSPS) is 15.8. The summed E-state index contributed by atoms with van der Waals surface area (Å²) in [5.74, 6) is 1.10. The maximum atomic E-state index is 12.3. The number of para-hydroxylation sites is 1. The van der Waals surface area contributed by atoms with E-state index in [-0.39, 0.29) is 11.8 Å². The second-order valence-electron chi connectivity index (χ2n) is 5.70. The third kappa shape index (κ3) is 2.91. The summed E-state index contributed by atoms with van der Waals surface area (Å²) in [5.41, 5.74) is 2.87. The monoisotopic (exact) mass is 296 g/mol. The Morgan fingerprint density at radius 2 is 2.05 bits per heavy atom. The molecule has 0 unspecified atom stereocenters. The second kappa shape index (κ2) is 6.10. The van der Waals surface area contributed by atoms with Crippen molar-refractivity contribution in [2.24, 2.45) is 0 Å². The molecule has 1 aliphatic heterocycles. The molecule has 2 aromatic carbocycles. The Kier molecular flexibility index (Phi) is 4.00. The maximum Gasteiger partial charge on any atom is 0.251 e. The van der Waals surface area contributed by atoms with E-state index in [1.807, 2.05) is 61.5 Å². The summed E-state index contributed by atoms with van der Waals surface area (Å²) in [4.78, 5) is 14.3. The van der Waals surface area contributed by atoms with Gasteiger partial charge in [-0.15, -0.1) is 0 Å². The molecule has 1 N–H and O–H groups in total. The summed E-state index contributed by atoms with van der Waals surface area (Å²) < 4.78 is 5.64. The fourth-order valence-corrected chi connectivity index (χ4v) is 2.64. The van der Waals surface area contributed by atoms with Crippen molar-refractivity contribution in [3.8, 4) is 5.75 Å². The molecule has 0 radical (unpaired) electrons. The first-order valence-electron chi connectivity index (χ1n) is 7.42. The van der Waals surface area contributed by atoms with Crippen molar-refractivity contribution in [1.29, 1.82) is 0 Å². The molecule has 1 aliphatic rings. The minimum Gasteiger partial charge on any atom is -0.493 e. The lowest BCUT2D eigenvalue weighted by molar-refractivity contribution is 0.0950. The Hall–Kier alpha value is -2.49. The second-order valence-corrected chi connectivity index (χ2v) is 5.70. The van der Waals surface area contributed by atoms with Gasteiger partial charge in [0.15, 0.2) is 0 Å². The summed E-state index contributed by atoms with van der Waals surface area (Å²) in [6, 6.07) is 15.6. The van der Waals surface area contributed by atoms with Gasteiger partial charge < -0.3 is 15.0 Å². The van der Waals surface area contributed by atoms with E-state index < -0.39 is 0 Å². The van der Waals surface area contributed by atoms with Crippen molar-refractivity contribution in [2.75, 3.05) is 32.1 Å². The minimum absolute atomic E-state index is 0.0481. The molecule has 0 saturated carbocycles. The number of carbonyl (C=O) groups is 1. The Labute approximate surface area is 130 Å². The molecule has 0 spiro atoms. The van der Waals surface area contributed by atoms with Gasteiger partial charge in [0.25, 0.3) is 5.91 Å². The van der Waals surface area contributed by atoms with Crippen LogP contribution >= 0.6 is 0 Å². The molecule has 4 nitrogen and oxygen atoms in total. The average molecular weight is 296 g/mol. The first-order valence-corrected chi connectivity index (χ1v) is 7.42. The summed E-state index contributed by atoms with van der Waals surface area (Å²) >= 11 is 0. The topological polar surface area (TPSA) is 41.6 Å². The predicted molar refractivity (Wildman–Crippen MR) is 87.8 cm³/mol. The van der Waals surface area contributed by atoms with E-state index in [1.54, 1.807) is 0 Å². The lowest BCUT2D eigenvalue weighted by atomic mass is 10.0. The molecule has 1 heterocycles. The molecule has 4 heteroatoms. The van der Waals surface area contributed by atoms with Crippen LogP contribution in [0.2, 0.25) is 0 Å². The molecule has 1 atom stereocenters. The number of nitrogens with one attached hydrogen (secondary N) is 1. The molecule has 2 aromatic rings. The van der Waals surface area contributed by atoms with Gasteiger partial charge >= 0.3 is 0 Å². The van der Waals surface area contributed by atoms with Gasteiger partial charge in [-0.3, -0.25) is 4.79 Å². The maximum absolute atomic E-state index is 12.3. The number of benzene rings is 2. The first-order chi connectivity index (χ1) is 10.6. The Balaban J connectivity index is 1.65. The lowest BCUT2D eigenvalue weighted by Gasteiger charge is -2.14. The van der Waals surface area contributed by atoms with Gasteiger partial charge in [0.1, 0.15) is 5.75 Å². The lowest BCUT2D eigenvalue weighted by Crippen LogP contribution is -2.29. The number of ether oxygens (including phenoxy) is 1. The highest BCUT2D eigenvalue weighted by molar-refractivity contribution is 5.95. The molecule has 3 rings (SSSR count). The van der Waals surface area contributed by atoms with Gasteiger partial charge in [-0.25, -0.2) is 0 Å². The minimum atomic E-state index is -0.0481. The summed E-state index contributed by atoms with van der Waals surface area (Å²) in [6.07, 6.45) is 0. The summed E-state index contributed by atoms with van der Waals surface area (Å²) in [6.45, 7) is 1.21. The van der Waals surface area contributed by atoms with Crippen LogP contribution in [0.15, 0.2) is 48.5 Å². The van der Waals surface area contributed by atoms with Crippen LogP contribution in [0.5, 0.6) is 5.75 Å². The highest BCUT2D eigenvalue weighted by Gasteiger charge is 2.24. The van der Waals surface area contributed by atoms with Crippen molar-refractivity contribution >= 4 is 11.6 Å². The number of nitrogens with zero attached hydrogens (tertiary/aromatic N) is 1. The van der Waals surface area contributed by atoms with E-state index in [9.17, 15) is 4.79 Å². The van der Waals surface area contributed by atoms with Gasteiger partial charge in [-0.1, -0.05) is 24.3 Å². The van der Waals surface area contributed by atoms with Crippen molar-refractivity contribution in [1.82, 2.24) is 5.32 Å². The van der Waals surface area contributed by atoms with Crippen molar-refractivity contribution < 1.29 is 9.53 Å². The van der Waals surface area contributed by atoms with Crippen LogP contribution in [-0.4, -0.2) is 33.2 Å². The molecule has 114 valence electrons. The van der Waals surface area contributed by atoms with E-state index in [0.717, 1.165) is 11.4 Å². The van der Waals surface area contributed by atoms with Crippen LogP contribution in [0.4, 0.5) is 5.69 Å². The number of rotatable bonds is 4. The summed E-state index contributed by atoms with van der Waals surface area (Å²) in [5, 5.41) is 3.01. The van der Waals surface area contributed by atoms with Gasteiger partial charge in [-0.05, 0) is 24.3 Å². The van der Waals surface area contributed by atoms with Crippen LogP contribution in [0.1, 0.15) is 21.8 Å². The zero-order valence-electron chi connectivity index (χ0n) is 12.9. The molecule has 22 heavy (non-hydrogen) atoms. The largest absolute Gasteiger partial charge is 0.493 e. The molecular formula is C18H20N2O2.